The lowest BCUT2D eigenvalue weighted by Gasteiger charge is -2.38. The van der Waals surface area contributed by atoms with Crippen LogP contribution >= 0.6 is 43.5 Å². The van der Waals surface area contributed by atoms with E-state index in [1.165, 1.54) is 11.1 Å². The number of nitrogens with two attached hydrogens (primary N) is 1. The molecule has 38 heavy (non-hydrogen) atoms. The number of hydrogen-bond acceptors (Lipinski definition) is 3. The number of carbonyl (C=O) groups is 2. The van der Waals surface area contributed by atoms with Gasteiger partial charge in [-0.25, -0.2) is 4.79 Å². The van der Waals surface area contributed by atoms with E-state index in [2.05, 4.69) is 50.9 Å². The highest BCUT2D eigenvalue weighted by Crippen LogP contribution is 2.43. The first-order valence-corrected chi connectivity index (χ1v) is 15.6. The average Bonchev–Trinajstić information content (AvgIpc) is 2.92. The van der Waals surface area contributed by atoms with Crippen molar-refractivity contribution < 1.29 is 9.59 Å². The Balaban J connectivity index is 0.00000195. The number of hydrogen-bond donors (Lipinski definition) is 1. The van der Waals surface area contributed by atoms with Crippen LogP contribution in [0.15, 0.2) is 39.4 Å². The standard InChI is InChI=1S/C27H33Br2ClN4O2.C2H6/c1-2-18-14-21(30)15-22(29)25(18)26(23-4-3-20(28)16-32-23)19-7-11-33(12-8-19)24(35)13-17-5-9-34(10-6-17)27(31)36;1-2/h3-4,14-17,19,26H,2,5-13H2,1H3,(H2,31,36);1-2H3. The number of carbonyl (C=O) groups excluding carboxylic acids is 2. The second kappa shape index (κ2) is 14.7. The molecule has 0 saturated carbocycles. The Morgan fingerprint density at radius 3 is 2.24 bits per heavy atom. The molecule has 2 aliphatic heterocycles. The quantitative estimate of drug-likeness (QED) is 0.348. The number of amides is 3. The van der Waals surface area contributed by atoms with Gasteiger partial charge in [0.1, 0.15) is 0 Å². The van der Waals surface area contributed by atoms with Crippen LogP contribution in [0.2, 0.25) is 5.02 Å². The zero-order valence-corrected chi connectivity index (χ0v) is 26.5. The minimum atomic E-state index is -0.366. The van der Waals surface area contributed by atoms with Gasteiger partial charge in [-0.15, -0.1) is 0 Å². The Morgan fingerprint density at radius 1 is 1.05 bits per heavy atom. The largest absolute Gasteiger partial charge is 0.351 e. The molecule has 9 heteroatoms. The molecule has 2 aliphatic rings. The van der Waals surface area contributed by atoms with Crippen molar-refractivity contribution in [2.75, 3.05) is 26.2 Å². The summed E-state index contributed by atoms with van der Waals surface area (Å²) in [4.78, 5) is 33.0. The molecule has 6 nitrogen and oxygen atoms in total. The van der Waals surface area contributed by atoms with E-state index in [0.717, 1.165) is 64.9 Å². The molecule has 1 unspecified atom stereocenters. The number of urea groups is 1. The third-order valence-electron chi connectivity index (χ3n) is 7.69. The van der Waals surface area contributed by atoms with Gasteiger partial charge in [-0.3, -0.25) is 9.78 Å². The van der Waals surface area contributed by atoms with Crippen LogP contribution in [0.3, 0.4) is 0 Å². The van der Waals surface area contributed by atoms with Crippen LogP contribution in [0.5, 0.6) is 0 Å². The molecule has 2 N–H and O–H groups in total. The summed E-state index contributed by atoms with van der Waals surface area (Å²) in [5, 5.41) is 0.729. The first kappa shape index (κ1) is 30.9. The summed E-state index contributed by atoms with van der Waals surface area (Å²) < 4.78 is 1.97. The fourth-order valence-electron chi connectivity index (χ4n) is 5.69. The molecule has 2 aromatic rings. The highest BCUT2D eigenvalue weighted by atomic mass is 79.9. The predicted octanol–water partition coefficient (Wildman–Crippen LogP) is 7.40. The van der Waals surface area contributed by atoms with Crippen LogP contribution in [-0.4, -0.2) is 52.9 Å². The molecule has 4 rings (SSSR count). The Hall–Kier alpha value is -1.64. The molecule has 1 aromatic heterocycles. The molecular weight excluding hydrogens is 632 g/mol. The van der Waals surface area contributed by atoms with Crippen LogP contribution in [0, 0.1) is 11.8 Å². The van der Waals surface area contributed by atoms with Crippen LogP contribution < -0.4 is 5.73 Å². The topological polar surface area (TPSA) is 79.5 Å². The fraction of sp³-hybridized carbons (Fsp3) is 0.552. The van der Waals surface area contributed by atoms with E-state index >= 15 is 0 Å². The van der Waals surface area contributed by atoms with Gasteiger partial charge in [-0.1, -0.05) is 48.3 Å². The first-order valence-electron chi connectivity index (χ1n) is 13.7. The van der Waals surface area contributed by atoms with Gasteiger partial charge in [0.2, 0.25) is 5.91 Å². The normalized spacial score (nSPS) is 17.5. The van der Waals surface area contributed by atoms with Gasteiger partial charge in [0, 0.05) is 64.4 Å². The van der Waals surface area contributed by atoms with Crippen molar-refractivity contribution in [2.24, 2.45) is 17.6 Å². The maximum Gasteiger partial charge on any atom is 0.314 e. The summed E-state index contributed by atoms with van der Waals surface area (Å²) in [6.45, 7) is 8.95. The minimum Gasteiger partial charge on any atom is -0.351 e. The minimum absolute atomic E-state index is 0.120. The van der Waals surface area contributed by atoms with Crippen molar-refractivity contribution in [1.82, 2.24) is 14.8 Å². The summed E-state index contributed by atoms with van der Waals surface area (Å²) in [6.07, 6.45) is 6.82. The summed E-state index contributed by atoms with van der Waals surface area (Å²) in [6, 6.07) is 7.83. The number of primary amides is 1. The van der Waals surface area contributed by atoms with E-state index < -0.39 is 0 Å². The van der Waals surface area contributed by atoms with Crippen molar-refractivity contribution in [1.29, 1.82) is 0 Å². The Morgan fingerprint density at radius 2 is 1.68 bits per heavy atom. The van der Waals surface area contributed by atoms with Crippen molar-refractivity contribution in [3.63, 3.8) is 0 Å². The van der Waals surface area contributed by atoms with E-state index in [1.54, 1.807) is 4.90 Å². The highest BCUT2D eigenvalue weighted by Gasteiger charge is 2.34. The zero-order chi connectivity index (χ0) is 27.8. The van der Waals surface area contributed by atoms with Crippen LogP contribution in [0.4, 0.5) is 4.79 Å². The van der Waals surface area contributed by atoms with Gasteiger partial charge in [0.05, 0.1) is 0 Å². The zero-order valence-electron chi connectivity index (χ0n) is 22.6. The number of likely N-dealkylation sites (tertiary alicyclic amines) is 2. The molecule has 0 bridgehead atoms. The molecule has 3 heterocycles. The third-order valence-corrected chi connectivity index (χ3v) is 9.04. The van der Waals surface area contributed by atoms with Gasteiger partial charge >= 0.3 is 6.03 Å². The monoisotopic (exact) mass is 668 g/mol. The molecule has 2 fully saturated rings. The molecule has 0 spiro atoms. The average molecular weight is 671 g/mol. The number of aromatic nitrogens is 1. The van der Waals surface area contributed by atoms with E-state index in [0.29, 0.717) is 31.3 Å². The van der Waals surface area contributed by atoms with E-state index in [1.807, 2.05) is 37.1 Å². The van der Waals surface area contributed by atoms with Crippen LogP contribution in [0.25, 0.3) is 0 Å². The number of nitrogens with zero attached hydrogens (tertiary/aromatic N) is 3. The summed E-state index contributed by atoms with van der Waals surface area (Å²) in [5.74, 6) is 1.04. The number of benzene rings is 1. The number of halogens is 3. The van der Waals surface area contributed by atoms with Crippen molar-refractivity contribution in [3.8, 4) is 0 Å². The van der Waals surface area contributed by atoms with E-state index in [4.69, 9.17) is 22.3 Å². The Labute approximate surface area is 248 Å². The molecule has 208 valence electrons. The summed E-state index contributed by atoms with van der Waals surface area (Å²) >= 11 is 13.7. The number of piperidine rings is 2. The SMILES string of the molecule is CC.CCc1cc(Cl)cc(Br)c1C(c1ccc(Br)cn1)C1CCN(C(=O)CC2CCN(C(N)=O)CC2)CC1. The maximum absolute atomic E-state index is 13.1. The predicted molar refractivity (Wildman–Crippen MR) is 161 cm³/mol. The van der Waals surface area contributed by atoms with Crippen LogP contribution in [-0.2, 0) is 11.2 Å². The Bertz CT molecular complexity index is 1080. The molecule has 1 aromatic carbocycles. The lowest BCUT2D eigenvalue weighted by molar-refractivity contribution is -0.134. The van der Waals surface area contributed by atoms with Gasteiger partial charge in [-0.2, -0.15) is 0 Å². The third kappa shape index (κ3) is 7.72. The summed E-state index contributed by atoms with van der Waals surface area (Å²) in [7, 11) is 0. The summed E-state index contributed by atoms with van der Waals surface area (Å²) in [5.41, 5.74) is 8.91. The fourth-order valence-corrected chi connectivity index (χ4v) is 7.05. The molecule has 1 atom stereocenters. The van der Waals surface area contributed by atoms with Gasteiger partial charge in [0.15, 0.2) is 0 Å². The van der Waals surface area contributed by atoms with E-state index in [9.17, 15) is 9.59 Å². The maximum atomic E-state index is 13.1. The van der Waals surface area contributed by atoms with Crippen molar-refractivity contribution >= 4 is 55.4 Å². The van der Waals surface area contributed by atoms with Gasteiger partial charge in [0.25, 0.3) is 0 Å². The molecule has 3 amide bonds. The highest BCUT2D eigenvalue weighted by molar-refractivity contribution is 9.10. The molecule has 0 aliphatic carbocycles. The second-order valence-corrected chi connectivity index (χ2v) is 12.1. The smallest absolute Gasteiger partial charge is 0.314 e. The lowest BCUT2D eigenvalue weighted by atomic mass is 9.76. The number of aryl methyl sites for hydroxylation is 1. The van der Waals surface area contributed by atoms with E-state index in [-0.39, 0.29) is 17.9 Å². The number of pyridine rings is 1. The lowest BCUT2D eigenvalue weighted by Crippen LogP contribution is -2.44. The van der Waals surface area contributed by atoms with Gasteiger partial charge < -0.3 is 15.5 Å². The van der Waals surface area contributed by atoms with Crippen molar-refractivity contribution in [3.05, 3.63) is 61.3 Å². The molecular formula is C29H39Br2ClN4O2. The first-order chi connectivity index (χ1) is 18.3. The number of rotatable bonds is 6. The van der Waals surface area contributed by atoms with Crippen molar-refractivity contribution in [2.45, 2.75) is 65.2 Å². The van der Waals surface area contributed by atoms with Gasteiger partial charge in [-0.05, 0) is 95.3 Å². The Kier molecular flexibility index (Phi) is 11.9. The molecule has 0 radical (unpaired) electrons. The van der Waals surface area contributed by atoms with Crippen LogP contribution in [0.1, 0.15) is 75.6 Å². The molecule has 2 saturated heterocycles. The second-order valence-electron chi connectivity index (χ2n) is 9.88.